The molecule has 1 heterocycles. The maximum absolute atomic E-state index is 10.8. The second-order valence-corrected chi connectivity index (χ2v) is 6.03. The number of aromatic nitrogens is 2. The zero-order valence-electron chi connectivity index (χ0n) is 16.1. The van der Waals surface area contributed by atoms with Gasteiger partial charge in [0.15, 0.2) is 6.61 Å². The van der Waals surface area contributed by atoms with Crippen molar-refractivity contribution in [3.05, 3.63) is 60.2 Å². The Morgan fingerprint density at radius 3 is 2.17 bits per heavy atom. The number of carbonyl (C=O) groups is 1. The van der Waals surface area contributed by atoms with Crippen LogP contribution in [0.4, 0.5) is 5.95 Å². The minimum Gasteiger partial charge on any atom is -0.497 e. The van der Waals surface area contributed by atoms with E-state index in [-0.39, 0.29) is 5.88 Å². The number of benzene rings is 2. The smallest absolute Gasteiger partial charge is 0.341 e. The predicted octanol–water partition coefficient (Wildman–Crippen LogP) is 3.24. The van der Waals surface area contributed by atoms with Crippen molar-refractivity contribution < 1.29 is 24.1 Å². The molecule has 0 spiro atoms. The molecule has 0 aliphatic rings. The number of methoxy groups -OCH3 is 2. The van der Waals surface area contributed by atoms with Gasteiger partial charge < -0.3 is 24.6 Å². The number of carboxylic acids is 1. The Morgan fingerprint density at radius 1 is 0.966 bits per heavy atom. The van der Waals surface area contributed by atoms with Gasteiger partial charge in [-0.3, -0.25) is 0 Å². The summed E-state index contributed by atoms with van der Waals surface area (Å²) in [4.78, 5) is 19.6. The van der Waals surface area contributed by atoms with Gasteiger partial charge in [0.05, 0.1) is 19.9 Å². The molecule has 1 aromatic heterocycles. The highest BCUT2D eigenvalue weighted by Crippen LogP contribution is 2.25. The van der Waals surface area contributed by atoms with Crippen LogP contribution in [0.1, 0.15) is 5.56 Å². The lowest BCUT2D eigenvalue weighted by Gasteiger charge is -2.11. The third-order valence-electron chi connectivity index (χ3n) is 4.04. The molecule has 0 amide bonds. The van der Waals surface area contributed by atoms with Crippen molar-refractivity contribution in [2.45, 2.75) is 6.54 Å². The van der Waals surface area contributed by atoms with Crippen LogP contribution in [-0.4, -0.2) is 41.9 Å². The van der Waals surface area contributed by atoms with Crippen molar-refractivity contribution in [2.24, 2.45) is 0 Å². The van der Waals surface area contributed by atoms with Gasteiger partial charge in [-0.2, -0.15) is 4.98 Å². The van der Waals surface area contributed by atoms with E-state index in [1.165, 1.54) is 0 Å². The second-order valence-electron chi connectivity index (χ2n) is 6.03. The second kappa shape index (κ2) is 9.41. The summed E-state index contributed by atoms with van der Waals surface area (Å²) in [5, 5.41) is 12.0. The molecule has 8 nitrogen and oxygen atoms in total. The highest BCUT2D eigenvalue weighted by molar-refractivity contribution is 5.68. The molecule has 2 N–H and O–H groups in total. The lowest BCUT2D eigenvalue weighted by molar-refractivity contribution is -0.139. The first kappa shape index (κ1) is 19.9. The molecular formula is C21H21N3O5. The molecule has 0 unspecified atom stereocenters. The minimum absolute atomic E-state index is 0.172. The molecule has 0 bridgehead atoms. The first-order valence-electron chi connectivity index (χ1n) is 8.82. The number of nitrogens with zero attached hydrogens (tertiary/aromatic N) is 2. The van der Waals surface area contributed by atoms with Gasteiger partial charge in [0.1, 0.15) is 11.5 Å². The largest absolute Gasteiger partial charge is 0.497 e. The lowest BCUT2D eigenvalue weighted by atomic mass is 10.1. The number of anilines is 1. The summed E-state index contributed by atoms with van der Waals surface area (Å²) in [5.41, 5.74) is 2.43. The van der Waals surface area contributed by atoms with Crippen molar-refractivity contribution in [2.75, 3.05) is 26.1 Å². The van der Waals surface area contributed by atoms with E-state index in [1.54, 1.807) is 20.3 Å². The van der Waals surface area contributed by atoms with Crippen molar-refractivity contribution in [1.82, 2.24) is 9.97 Å². The van der Waals surface area contributed by atoms with Gasteiger partial charge in [-0.1, -0.05) is 12.1 Å². The third-order valence-corrected chi connectivity index (χ3v) is 4.04. The molecule has 0 aliphatic heterocycles. The number of hydrogen-bond acceptors (Lipinski definition) is 7. The summed E-state index contributed by atoms with van der Waals surface area (Å²) in [5.74, 6) is 0.918. The zero-order valence-corrected chi connectivity index (χ0v) is 16.1. The van der Waals surface area contributed by atoms with Crippen LogP contribution in [0, 0.1) is 0 Å². The Kier molecular flexibility index (Phi) is 6.47. The van der Waals surface area contributed by atoms with Crippen LogP contribution in [-0.2, 0) is 11.3 Å². The normalized spacial score (nSPS) is 10.3. The highest BCUT2D eigenvalue weighted by atomic mass is 16.5. The van der Waals surface area contributed by atoms with E-state index in [0.29, 0.717) is 18.2 Å². The highest BCUT2D eigenvalue weighted by Gasteiger charge is 2.10. The molecular weight excluding hydrogens is 374 g/mol. The first-order valence-corrected chi connectivity index (χ1v) is 8.82. The Hall–Kier alpha value is -3.81. The zero-order chi connectivity index (χ0) is 20.6. The molecule has 150 valence electrons. The van der Waals surface area contributed by atoms with Gasteiger partial charge >= 0.3 is 5.97 Å². The van der Waals surface area contributed by atoms with Crippen molar-refractivity contribution in [3.63, 3.8) is 0 Å². The van der Waals surface area contributed by atoms with E-state index in [1.807, 2.05) is 48.5 Å². The molecule has 8 heteroatoms. The van der Waals surface area contributed by atoms with Gasteiger partial charge in [0.2, 0.25) is 11.8 Å². The Labute approximate surface area is 168 Å². The van der Waals surface area contributed by atoms with Crippen molar-refractivity contribution in [3.8, 4) is 28.6 Å². The summed E-state index contributed by atoms with van der Waals surface area (Å²) in [6.07, 6.45) is 0. The van der Waals surface area contributed by atoms with Gasteiger partial charge in [0.25, 0.3) is 0 Å². The summed E-state index contributed by atoms with van der Waals surface area (Å²) in [6, 6.07) is 16.6. The Bertz CT molecular complexity index is 959. The summed E-state index contributed by atoms with van der Waals surface area (Å²) in [7, 11) is 3.21. The third kappa shape index (κ3) is 5.58. The molecule has 0 fully saturated rings. The summed E-state index contributed by atoms with van der Waals surface area (Å²) in [6.45, 7) is -0.00852. The van der Waals surface area contributed by atoms with Crippen LogP contribution in [0.5, 0.6) is 17.4 Å². The van der Waals surface area contributed by atoms with Crippen LogP contribution < -0.4 is 19.5 Å². The Balaban J connectivity index is 1.83. The van der Waals surface area contributed by atoms with Crippen molar-refractivity contribution in [1.29, 1.82) is 0 Å². The topological polar surface area (TPSA) is 103 Å². The predicted molar refractivity (Wildman–Crippen MR) is 107 cm³/mol. The van der Waals surface area contributed by atoms with E-state index in [0.717, 1.165) is 22.6 Å². The molecule has 3 rings (SSSR count). The van der Waals surface area contributed by atoms with Gasteiger partial charge in [-0.05, 0) is 42.0 Å². The number of hydrogen-bond donors (Lipinski definition) is 2. The van der Waals surface area contributed by atoms with E-state index in [2.05, 4.69) is 15.3 Å². The quantitative estimate of drug-likeness (QED) is 0.569. The van der Waals surface area contributed by atoms with E-state index in [9.17, 15) is 4.79 Å². The SMILES string of the molecule is COc1ccc(CNc2nc(OCC(=O)O)cc(-c3ccc(OC)cc3)n2)cc1. The fraction of sp³-hybridized carbons (Fsp3) is 0.190. The molecule has 0 atom stereocenters. The Morgan fingerprint density at radius 2 is 1.59 bits per heavy atom. The molecule has 0 radical (unpaired) electrons. The number of rotatable bonds is 9. The van der Waals surface area contributed by atoms with Crippen LogP contribution in [0.2, 0.25) is 0 Å². The van der Waals surface area contributed by atoms with Crippen LogP contribution in [0.15, 0.2) is 54.6 Å². The van der Waals surface area contributed by atoms with Crippen LogP contribution >= 0.6 is 0 Å². The maximum Gasteiger partial charge on any atom is 0.341 e. The number of aliphatic carboxylic acids is 1. The summed E-state index contributed by atoms with van der Waals surface area (Å²) >= 11 is 0. The van der Waals surface area contributed by atoms with Gasteiger partial charge in [0, 0.05) is 18.2 Å². The molecule has 2 aromatic carbocycles. The maximum atomic E-state index is 10.8. The number of nitrogens with one attached hydrogen (secondary N) is 1. The molecule has 3 aromatic rings. The lowest BCUT2D eigenvalue weighted by Crippen LogP contribution is -2.12. The average Bonchev–Trinajstić information content (AvgIpc) is 2.76. The number of ether oxygens (including phenoxy) is 3. The van der Waals surface area contributed by atoms with Crippen LogP contribution in [0.3, 0.4) is 0 Å². The van der Waals surface area contributed by atoms with E-state index in [4.69, 9.17) is 19.3 Å². The monoisotopic (exact) mass is 395 g/mol. The van der Waals surface area contributed by atoms with Crippen LogP contribution in [0.25, 0.3) is 11.3 Å². The molecule has 0 aliphatic carbocycles. The van der Waals surface area contributed by atoms with Gasteiger partial charge in [-0.25, -0.2) is 9.78 Å². The van der Waals surface area contributed by atoms with E-state index < -0.39 is 12.6 Å². The molecule has 0 saturated heterocycles. The van der Waals surface area contributed by atoms with E-state index >= 15 is 0 Å². The molecule has 29 heavy (non-hydrogen) atoms. The minimum atomic E-state index is -1.08. The first-order chi connectivity index (χ1) is 14.1. The summed E-state index contributed by atoms with van der Waals surface area (Å²) < 4.78 is 15.6. The fourth-order valence-electron chi connectivity index (χ4n) is 2.55. The van der Waals surface area contributed by atoms with Crippen molar-refractivity contribution >= 4 is 11.9 Å². The average molecular weight is 395 g/mol. The van der Waals surface area contributed by atoms with Gasteiger partial charge in [-0.15, -0.1) is 0 Å². The molecule has 0 saturated carbocycles. The number of carboxylic acid groups (broad SMARTS) is 1. The fourth-order valence-corrected chi connectivity index (χ4v) is 2.55. The standard InChI is InChI=1S/C21H21N3O5/c1-27-16-7-3-14(4-8-16)12-22-21-23-18(11-19(24-21)29-13-20(25)26)15-5-9-17(28-2)10-6-15/h3-11H,12-13H2,1-2H3,(H,25,26)(H,22,23,24).